The lowest BCUT2D eigenvalue weighted by Gasteiger charge is -2.09. The summed E-state index contributed by atoms with van der Waals surface area (Å²) in [5, 5.41) is 3.74. The SMILES string of the molecule is NC(=S)c1ccc(Nc2ccc(Cl)c(Cl)c2)c(F)c1. The van der Waals surface area contributed by atoms with Crippen LogP contribution in [0.5, 0.6) is 0 Å². The first-order valence-corrected chi connectivity index (χ1v) is 6.45. The van der Waals surface area contributed by atoms with Crippen LogP contribution in [-0.2, 0) is 0 Å². The second-order valence-corrected chi connectivity index (χ2v) is 5.07. The van der Waals surface area contributed by atoms with Gasteiger partial charge in [-0.3, -0.25) is 0 Å². The van der Waals surface area contributed by atoms with E-state index in [9.17, 15) is 4.39 Å². The van der Waals surface area contributed by atoms with Crippen LogP contribution < -0.4 is 11.1 Å². The predicted octanol–water partition coefficient (Wildman–Crippen LogP) is 4.51. The highest BCUT2D eigenvalue weighted by atomic mass is 35.5. The maximum absolute atomic E-state index is 13.8. The van der Waals surface area contributed by atoms with E-state index in [1.54, 1.807) is 30.3 Å². The van der Waals surface area contributed by atoms with Crippen LogP contribution in [0.25, 0.3) is 0 Å². The number of nitrogens with one attached hydrogen (secondary N) is 1. The molecule has 0 aromatic heterocycles. The van der Waals surface area contributed by atoms with Crippen molar-refractivity contribution in [1.29, 1.82) is 0 Å². The summed E-state index contributed by atoms with van der Waals surface area (Å²) in [5.41, 5.74) is 6.85. The molecule has 0 saturated carbocycles. The molecule has 0 aliphatic rings. The fourth-order valence-corrected chi connectivity index (χ4v) is 1.92. The van der Waals surface area contributed by atoms with Gasteiger partial charge in [0, 0.05) is 11.3 Å². The summed E-state index contributed by atoms with van der Waals surface area (Å²) in [4.78, 5) is 0.153. The van der Waals surface area contributed by atoms with E-state index in [1.165, 1.54) is 6.07 Å². The van der Waals surface area contributed by atoms with Gasteiger partial charge in [0.05, 0.1) is 15.7 Å². The number of thiocarbonyl (C=S) groups is 1. The molecule has 2 aromatic rings. The summed E-state index contributed by atoms with van der Waals surface area (Å²) in [5.74, 6) is -0.448. The molecule has 0 aliphatic carbocycles. The second kappa shape index (κ2) is 5.74. The average Bonchev–Trinajstić information content (AvgIpc) is 2.36. The smallest absolute Gasteiger partial charge is 0.147 e. The molecule has 0 aliphatic heterocycles. The summed E-state index contributed by atoms with van der Waals surface area (Å²) >= 11 is 16.5. The highest BCUT2D eigenvalue weighted by molar-refractivity contribution is 7.80. The van der Waals surface area contributed by atoms with Crippen molar-refractivity contribution >= 4 is 51.8 Å². The van der Waals surface area contributed by atoms with Crippen molar-refractivity contribution in [3.8, 4) is 0 Å². The molecule has 0 fully saturated rings. The maximum atomic E-state index is 13.8. The summed E-state index contributed by atoms with van der Waals surface area (Å²) in [6.07, 6.45) is 0. The molecule has 98 valence electrons. The summed E-state index contributed by atoms with van der Waals surface area (Å²) in [7, 11) is 0. The standard InChI is InChI=1S/C13H9Cl2FN2S/c14-9-3-2-8(6-10(9)15)18-12-4-1-7(13(17)19)5-11(12)16/h1-6,18H,(H2,17,19). The lowest BCUT2D eigenvalue weighted by Crippen LogP contribution is -2.09. The van der Waals surface area contributed by atoms with E-state index in [4.69, 9.17) is 41.2 Å². The van der Waals surface area contributed by atoms with E-state index < -0.39 is 5.82 Å². The van der Waals surface area contributed by atoms with Gasteiger partial charge in [0.25, 0.3) is 0 Å². The molecular formula is C13H9Cl2FN2S. The first-order chi connectivity index (χ1) is 8.97. The first kappa shape index (κ1) is 14.1. The van der Waals surface area contributed by atoms with E-state index >= 15 is 0 Å². The van der Waals surface area contributed by atoms with Crippen molar-refractivity contribution in [2.24, 2.45) is 5.73 Å². The lowest BCUT2D eigenvalue weighted by atomic mass is 10.2. The van der Waals surface area contributed by atoms with Gasteiger partial charge in [0.1, 0.15) is 10.8 Å². The van der Waals surface area contributed by atoms with Crippen molar-refractivity contribution < 1.29 is 4.39 Å². The van der Waals surface area contributed by atoms with E-state index in [-0.39, 0.29) is 4.99 Å². The van der Waals surface area contributed by atoms with Gasteiger partial charge in [-0.15, -0.1) is 0 Å². The molecular weight excluding hydrogens is 306 g/mol. The fourth-order valence-electron chi connectivity index (χ4n) is 1.50. The molecule has 0 radical (unpaired) electrons. The highest BCUT2D eigenvalue weighted by Crippen LogP contribution is 2.28. The lowest BCUT2D eigenvalue weighted by molar-refractivity contribution is 0.631. The number of nitrogens with two attached hydrogens (primary N) is 1. The minimum atomic E-state index is -0.448. The Morgan fingerprint density at radius 3 is 2.42 bits per heavy atom. The largest absolute Gasteiger partial charge is 0.389 e. The van der Waals surface area contributed by atoms with Crippen LogP contribution >= 0.6 is 35.4 Å². The molecule has 0 atom stereocenters. The third-order valence-corrected chi connectivity index (χ3v) is 3.43. The molecule has 0 amide bonds. The molecule has 3 N–H and O–H groups in total. The van der Waals surface area contributed by atoms with Gasteiger partial charge in [-0.25, -0.2) is 4.39 Å². The molecule has 2 rings (SSSR count). The Hall–Kier alpha value is -1.36. The number of benzene rings is 2. The van der Waals surface area contributed by atoms with Gasteiger partial charge >= 0.3 is 0 Å². The van der Waals surface area contributed by atoms with Crippen LogP contribution in [0.4, 0.5) is 15.8 Å². The molecule has 2 nitrogen and oxygen atoms in total. The highest BCUT2D eigenvalue weighted by Gasteiger charge is 2.06. The minimum Gasteiger partial charge on any atom is -0.389 e. The Bertz CT molecular complexity index is 647. The quantitative estimate of drug-likeness (QED) is 0.819. The number of rotatable bonds is 3. The zero-order valence-corrected chi connectivity index (χ0v) is 11.9. The number of anilines is 2. The van der Waals surface area contributed by atoms with Gasteiger partial charge in [-0.05, 0) is 36.4 Å². The monoisotopic (exact) mass is 314 g/mol. The van der Waals surface area contributed by atoms with Crippen LogP contribution in [0.3, 0.4) is 0 Å². The van der Waals surface area contributed by atoms with Crippen molar-refractivity contribution in [2.45, 2.75) is 0 Å². The van der Waals surface area contributed by atoms with Crippen LogP contribution in [-0.4, -0.2) is 4.99 Å². The molecule has 0 spiro atoms. The molecule has 0 heterocycles. The zero-order chi connectivity index (χ0) is 14.0. The molecule has 0 bridgehead atoms. The zero-order valence-electron chi connectivity index (χ0n) is 9.58. The molecule has 0 saturated heterocycles. The van der Waals surface area contributed by atoms with E-state index in [0.717, 1.165) is 0 Å². The van der Waals surface area contributed by atoms with Crippen molar-refractivity contribution in [3.05, 3.63) is 57.8 Å². The van der Waals surface area contributed by atoms with Crippen molar-refractivity contribution in [1.82, 2.24) is 0 Å². The van der Waals surface area contributed by atoms with Gasteiger partial charge < -0.3 is 11.1 Å². The third kappa shape index (κ3) is 3.35. The average molecular weight is 315 g/mol. The number of hydrogen-bond donors (Lipinski definition) is 2. The van der Waals surface area contributed by atoms with Gasteiger partial charge in [-0.1, -0.05) is 35.4 Å². The van der Waals surface area contributed by atoms with Gasteiger partial charge in [0.15, 0.2) is 0 Å². The summed E-state index contributed by atoms with van der Waals surface area (Å²) in [6, 6.07) is 9.44. The fraction of sp³-hybridized carbons (Fsp3) is 0. The summed E-state index contributed by atoms with van der Waals surface area (Å²) < 4.78 is 13.8. The van der Waals surface area contributed by atoms with Crippen LogP contribution in [0.1, 0.15) is 5.56 Å². The third-order valence-electron chi connectivity index (χ3n) is 2.45. The Kier molecular flexibility index (Phi) is 4.24. The van der Waals surface area contributed by atoms with Crippen LogP contribution in [0, 0.1) is 5.82 Å². The molecule has 6 heteroatoms. The number of halogens is 3. The first-order valence-electron chi connectivity index (χ1n) is 5.29. The molecule has 0 unspecified atom stereocenters. The Balaban J connectivity index is 2.28. The van der Waals surface area contributed by atoms with Gasteiger partial charge in [-0.2, -0.15) is 0 Å². The summed E-state index contributed by atoms with van der Waals surface area (Å²) in [6.45, 7) is 0. The van der Waals surface area contributed by atoms with E-state index in [0.29, 0.717) is 27.0 Å². The number of hydrogen-bond acceptors (Lipinski definition) is 2. The maximum Gasteiger partial charge on any atom is 0.147 e. The second-order valence-electron chi connectivity index (χ2n) is 3.81. The predicted molar refractivity (Wildman–Crippen MR) is 82.0 cm³/mol. The molecule has 2 aromatic carbocycles. The Morgan fingerprint density at radius 1 is 1.11 bits per heavy atom. The molecule has 19 heavy (non-hydrogen) atoms. The minimum absolute atomic E-state index is 0.153. The van der Waals surface area contributed by atoms with Crippen LogP contribution in [0.15, 0.2) is 36.4 Å². The van der Waals surface area contributed by atoms with Crippen molar-refractivity contribution in [2.75, 3.05) is 5.32 Å². The Morgan fingerprint density at radius 2 is 1.84 bits per heavy atom. The van der Waals surface area contributed by atoms with Crippen LogP contribution in [0.2, 0.25) is 10.0 Å². The normalized spacial score (nSPS) is 10.3. The van der Waals surface area contributed by atoms with Gasteiger partial charge in [0.2, 0.25) is 0 Å². The topological polar surface area (TPSA) is 38.0 Å². The Labute approximate surface area is 125 Å². The van der Waals surface area contributed by atoms with Crippen molar-refractivity contribution in [3.63, 3.8) is 0 Å². The van der Waals surface area contributed by atoms with E-state index in [2.05, 4.69) is 5.32 Å². The van der Waals surface area contributed by atoms with E-state index in [1.807, 2.05) is 0 Å².